The van der Waals surface area contributed by atoms with Crippen LogP contribution in [0.5, 0.6) is 0 Å². The van der Waals surface area contributed by atoms with E-state index >= 15 is 0 Å². The van der Waals surface area contributed by atoms with Crippen LogP contribution in [-0.4, -0.2) is 4.98 Å². The number of hydrogen-bond acceptors (Lipinski definition) is 3. The largest absolute Gasteiger partial charge is 0.303 e. The van der Waals surface area contributed by atoms with Crippen molar-refractivity contribution in [3.05, 3.63) is 50.9 Å². The second kappa shape index (κ2) is 5.00. The summed E-state index contributed by atoms with van der Waals surface area (Å²) in [7, 11) is 0. The smallest absolute Gasteiger partial charge is 0.0934 e. The van der Waals surface area contributed by atoms with E-state index in [4.69, 9.17) is 11.6 Å². The minimum Gasteiger partial charge on any atom is -0.303 e. The first-order chi connectivity index (χ1) is 8.74. The van der Waals surface area contributed by atoms with Crippen molar-refractivity contribution >= 4 is 22.9 Å². The van der Waals surface area contributed by atoms with Gasteiger partial charge in [-0.2, -0.15) is 0 Å². The fraction of sp³-hybridized carbons (Fsp3) is 0.357. The Labute approximate surface area is 116 Å². The Morgan fingerprint density at radius 3 is 3.22 bits per heavy atom. The lowest BCUT2D eigenvalue weighted by Gasteiger charge is -2.19. The highest BCUT2D eigenvalue weighted by molar-refractivity contribution is 7.16. The van der Waals surface area contributed by atoms with Crippen LogP contribution in [0.3, 0.4) is 0 Å². The maximum atomic E-state index is 6.08. The summed E-state index contributed by atoms with van der Waals surface area (Å²) in [6.07, 6.45) is 6.05. The third kappa shape index (κ3) is 2.30. The van der Waals surface area contributed by atoms with Crippen LogP contribution < -0.4 is 5.32 Å². The monoisotopic (exact) mass is 278 g/mol. The Bertz CT molecular complexity index is 538. The van der Waals surface area contributed by atoms with Gasteiger partial charge in [0.2, 0.25) is 0 Å². The number of aryl methyl sites for hydroxylation is 1. The third-order valence-electron chi connectivity index (χ3n) is 3.48. The van der Waals surface area contributed by atoms with Gasteiger partial charge in [0.05, 0.1) is 4.34 Å². The lowest BCUT2D eigenvalue weighted by atomic mass is 10.1. The number of hydrogen-bond donors (Lipinski definition) is 1. The predicted octanol–water partition coefficient (Wildman–Crippen LogP) is 4.13. The first kappa shape index (κ1) is 12.2. The molecule has 0 aliphatic heterocycles. The minimum atomic E-state index is 0.313. The molecule has 3 rings (SSSR count). The molecule has 0 saturated heterocycles. The highest BCUT2D eigenvalue weighted by Crippen LogP contribution is 2.40. The van der Waals surface area contributed by atoms with Crippen molar-refractivity contribution in [2.24, 2.45) is 0 Å². The summed E-state index contributed by atoms with van der Waals surface area (Å²) in [6.45, 7) is 2.18. The molecule has 0 bridgehead atoms. The normalized spacial score (nSPS) is 19.8. The molecule has 2 nitrogen and oxygen atoms in total. The van der Waals surface area contributed by atoms with Crippen molar-refractivity contribution in [1.29, 1.82) is 0 Å². The number of rotatable bonds is 3. The molecular formula is C14H15ClN2S. The highest BCUT2D eigenvalue weighted by atomic mass is 35.5. The first-order valence-corrected chi connectivity index (χ1v) is 7.37. The fourth-order valence-electron chi connectivity index (χ4n) is 2.53. The molecule has 1 aliphatic carbocycles. The minimum absolute atomic E-state index is 0.313. The van der Waals surface area contributed by atoms with Crippen LogP contribution in [0.2, 0.25) is 4.34 Å². The van der Waals surface area contributed by atoms with Crippen molar-refractivity contribution in [2.75, 3.05) is 0 Å². The molecule has 0 spiro atoms. The Balaban J connectivity index is 1.75. The van der Waals surface area contributed by atoms with E-state index < -0.39 is 0 Å². The zero-order valence-corrected chi connectivity index (χ0v) is 11.8. The SMILES string of the molecule is CC(NC1CCc2sc(Cl)cc21)c1cccnc1. The molecule has 1 aliphatic rings. The molecule has 94 valence electrons. The highest BCUT2D eigenvalue weighted by Gasteiger charge is 2.26. The van der Waals surface area contributed by atoms with E-state index in [2.05, 4.69) is 29.4 Å². The third-order valence-corrected chi connectivity index (χ3v) is 4.82. The predicted molar refractivity (Wildman–Crippen MR) is 76.2 cm³/mol. The molecule has 2 unspecified atom stereocenters. The lowest BCUT2D eigenvalue weighted by molar-refractivity contribution is 0.464. The molecule has 2 aromatic rings. The molecule has 0 saturated carbocycles. The Kier molecular flexibility index (Phi) is 3.37. The van der Waals surface area contributed by atoms with Gasteiger partial charge >= 0.3 is 0 Å². The molecule has 0 radical (unpaired) electrons. The molecule has 0 fully saturated rings. The number of halogens is 1. The zero-order valence-electron chi connectivity index (χ0n) is 10.2. The molecule has 4 heteroatoms. The van der Waals surface area contributed by atoms with Crippen molar-refractivity contribution < 1.29 is 0 Å². The zero-order chi connectivity index (χ0) is 12.5. The van der Waals surface area contributed by atoms with E-state index in [1.165, 1.54) is 22.4 Å². The number of fused-ring (bicyclic) bond motifs is 1. The van der Waals surface area contributed by atoms with Crippen LogP contribution >= 0.6 is 22.9 Å². The molecule has 1 N–H and O–H groups in total. The second-order valence-electron chi connectivity index (χ2n) is 4.70. The quantitative estimate of drug-likeness (QED) is 0.913. The maximum Gasteiger partial charge on any atom is 0.0934 e. The van der Waals surface area contributed by atoms with Gasteiger partial charge in [-0.15, -0.1) is 11.3 Å². The van der Waals surface area contributed by atoms with Crippen LogP contribution in [0.15, 0.2) is 30.6 Å². The van der Waals surface area contributed by atoms with Crippen molar-refractivity contribution in [2.45, 2.75) is 31.8 Å². The summed E-state index contributed by atoms with van der Waals surface area (Å²) in [5.74, 6) is 0. The van der Waals surface area contributed by atoms with Gasteiger partial charge in [0, 0.05) is 29.4 Å². The molecule has 0 amide bonds. The van der Waals surface area contributed by atoms with Gasteiger partial charge < -0.3 is 5.32 Å². The number of thiophene rings is 1. The van der Waals surface area contributed by atoms with Crippen molar-refractivity contribution in [3.8, 4) is 0 Å². The summed E-state index contributed by atoms with van der Waals surface area (Å²) in [5, 5.41) is 3.67. The van der Waals surface area contributed by atoms with Crippen molar-refractivity contribution in [3.63, 3.8) is 0 Å². The molecule has 2 aromatic heterocycles. The standard InChI is InChI=1S/C14H15ClN2S/c1-9(10-3-2-6-16-8-10)17-12-4-5-13-11(12)7-14(15)18-13/h2-3,6-9,12,17H,4-5H2,1H3. The number of nitrogens with one attached hydrogen (secondary N) is 1. The van der Waals surface area contributed by atoms with E-state index in [-0.39, 0.29) is 0 Å². The first-order valence-electron chi connectivity index (χ1n) is 6.18. The van der Waals surface area contributed by atoms with E-state index in [0.717, 1.165) is 10.8 Å². The van der Waals surface area contributed by atoms with Gasteiger partial charge in [-0.1, -0.05) is 17.7 Å². The summed E-state index contributed by atoms with van der Waals surface area (Å²) in [5.41, 5.74) is 2.62. The van der Waals surface area contributed by atoms with Crippen molar-refractivity contribution in [1.82, 2.24) is 10.3 Å². The van der Waals surface area contributed by atoms with Gasteiger partial charge in [0.25, 0.3) is 0 Å². The molecular weight excluding hydrogens is 264 g/mol. The van der Waals surface area contributed by atoms with E-state index in [1.807, 2.05) is 18.5 Å². The van der Waals surface area contributed by atoms with Crippen LogP contribution in [0.25, 0.3) is 0 Å². The summed E-state index contributed by atoms with van der Waals surface area (Å²) in [6, 6.07) is 6.95. The average Bonchev–Trinajstić information content (AvgIpc) is 2.91. The topological polar surface area (TPSA) is 24.9 Å². The van der Waals surface area contributed by atoms with E-state index in [9.17, 15) is 0 Å². The van der Waals surface area contributed by atoms with Crippen LogP contribution in [0.4, 0.5) is 0 Å². The molecule has 0 aromatic carbocycles. The number of nitrogens with zero attached hydrogens (tertiary/aromatic N) is 1. The van der Waals surface area contributed by atoms with E-state index in [1.54, 1.807) is 11.3 Å². The summed E-state index contributed by atoms with van der Waals surface area (Å²) in [4.78, 5) is 5.61. The summed E-state index contributed by atoms with van der Waals surface area (Å²) < 4.78 is 0.903. The molecule has 2 heterocycles. The second-order valence-corrected chi connectivity index (χ2v) is 6.46. The maximum absolute atomic E-state index is 6.08. The Hall–Kier alpha value is -0.900. The van der Waals surface area contributed by atoms with Gasteiger partial charge in [-0.05, 0) is 43.0 Å². The fourth-order valence-corrected chi connectivity index (χ4v) is 3.89. The van der Waals surface area contributed by atoms with Crippen LogP contribution in [0.1, 0.15) is 41.4 Å². The number of pyridine rings is 1. The van der Waals surface area contributed by atoms with Gasteiger partial charge in [0.15, 0.2) is 0 Å². The van der Waals surface area contributed by atoms with Gasteiger partial charge in [-0.3, -0.25) is 4.98 Å². The lowest BCUT2D eigenvalue weighted by Crippen LogP contribution is -2.22. The summed E-state index contributed by atoms with van der Waals surface area (Å²) >= 11 is 7.79. The molecule has 18 heavy (non-hydrogen) atoms. The molecule has 2 atom stereocenters. The van der Waals surface area contributed by atoms with Crippen LogP contribution in [-0.2, 0) is 6.42 Å². The van der Waals surface area contributed by atoms with E-state index in [0.29, 0.717) is 12.1 Å². The Morgan fingerprint density at radius 2 is 2.44 bits per heavy atom. The Morgan fingerprint density at radius 1 is 1.56 bits per heavy atom. The number of aromatic nitrogens is 1. The van der Waals surface area contributed by atoms with Gasteiger partial charge in [-0.25, -0.2) is 0 Å². The average molecular weight is 279 g/mol. The van der Waals surface area contributed by atoms with Crippen LogP contribution in [0, 0.1) is 0 Å². The van der Waals surface area contributed by atoms with Gasteiger partial charge in [0.1, 0.15) is 0 Å².